The fourth-order valence-electron chi connectivity index (χ4n) is 2.84. The first-order chi connectivity index (χ1) is 13.8. The summed E-state index contributed by atoms with van der Waals surface area (Å²) in [6, 6.07) is 14.5. The van der Waals surface area contributed by atoms with E-state index in [-0.39, 0.29) is 18.6 Å². The highest BCUT2D eigenvalue weighted by Crippen LogP contribution is 2.23. The van der Waals surface area contributed by atoms with Gasteiger partial charge < -0.3 is 20.3 Å². The first-order valence-electron chi connectivity index (χ1n) is 9.07. The molecular weight excluding hydrogens is 394 g/mol. The van der Waals surface area contributed by atoms with Crippen LogP contribution in [-0.2, 0) is 20.7 Å². The third-order valence-electron chi connectivity index (χ3n) is 4.45. The highest BCUT2D eigenvalue weighted by atomic mass is 35.5. The first-order valence-corrected chi connectivity index (χ1v) is 9.45. The molecule has 29 heavy (non-hydrogen) atoms. The SMILES string of the molecule is C=C(OC)[C@H](O)C(Cc1ccc(-c2cccc(Cl)c2)cc1)NC(=O)CCC(=O)O. The van der Waals surface area contributed by atoms with Crippen molar-refractivity contribution < 1.29 is 24.5 Å². The lowest BCUT2D eigenvalue weighted by atomic mass is 9.97. The van der Waals surface area contributed by atoms with Gasteiger partial charge in [0.05, 0.1) is 19.6 Å². The van der Waals surface area contributed by atoms with Gasteiger partial charge in [0.15, 0.2) is 0 Å². The van der Waals surface area contributed by atoms with Crippen LogP contribution in [0.5, 0.6) is 0 Å². The van der Waals surface area contributed by atoms with E-state index < -0.39 is 24.0 Å². The summed E-state index contributed by atoms with van der Waals surface area (Å²) < 4.78 is 5.00. The van der Waals surface area contributed by atoms with E-state index in [1.54, 1.807) is 6.07 Å². The lowest BCUT2D eigenvalue weighted by Gasteiger charge is -2.25. The molecule has 0 aliphatic heterocycles. The minimum atomic E-state index is -1.14. The number of hydrogen-bond donors (Lipinski definition) is 3. The Kier molecular flexibility index (Phi) is 8.24. The molecule has 1 unspecified atom stereocenters. The number of aliphatic carboxylic acids is 1. The summed E-state index contributed by atoms with van der Waals surface area (Å²) in [5.74, 6) is -1.41. The van der Waals surface area contributed by atoms with Crippen LogP contribution in [0.2, 0.25) is 5.02 Å². The molecule has 0 aromatic heterocycles. The lowest BCUT2D eigenvalue weighted by molar-refractivity contribution is -0.139. The van der Waals surface area contributed by atoms with E-state index >= 15 is 0 Å². The summed E-state index contributed by atoms with van der Waals surface area (Å²) in [6.45, 7) is 3.65. The van der Waals surface area contributed by atoms with Gasteiger partial charge in [-0.2, -0.15) is 0 Å². The molecule has 0 spiro atoms. The van der Waals surface area contributed by atoms with Gasteiger partial charge in [-0.25, -0.2) is 0 Å². The molecule has 2 aromatic rings. The third kappa shape index (κ3) is 6.93. The number of nitrogens with one attached hydrogen (secondary N) is 1. The molecule has 6 nitrogen and oxygen atoms in total. The monoisotopic (exact) mass is 417 g/mol. The van der Waals surface area contributed by atoms with Gasteiger partial charge in [0, 0.05) is 11.4 Å². The van der Waals surface area contributed by atoms with Crippen molar-refractivity contribution in [1.82, 2.24) is 5.32 Å². The Morgan fingerprint density at radius 2 is 1.83 bits per heavy atom. The number of aliphatic hydroxyl groups is 1. The lowest BCUT2D eigenvalue weighted by Crippen LogP contribution is -2.45. The fourth-order valence-corrected chi connectivity index (χ4v) is 3.03. The van der Waals surface area contributed by atoms with Crippen molar-refractivity contribution >= 4 is 23.5 Å². The van der Waals surface area contributed by atoms with Crippen molar-refractivity contribution in [2.75, 3.05) is 7.11 Å². The summed E-state index contributed by atoms with van der Waals surface area (Å²) in [7, 11) is 1.38. The Bertz CT molecular complexity index is 866. The van der Waals surface area contributed by atoms with Crippen molar-refractivity contribution in [3.8, 4) is 11.1 Å². The molecule has 2 atom stereocenters. The van der Waals surface area contributed by atoms with Crippen LogP contribution >= 0.6 is 11.6 Å². The Morgan fingerprint density at radius 3 is 2.41 bits per heavy atom. The third-order valence-corrected chi connectivity index (χ3v) is 4.69. The molecule has 0 radical (unpaired) electrons. The minimum Gasteiger partial charge on any atom is -0.499 e. The second-order valence-electron chi connectivity index (χ2n) is 6.59. The summed E-state index contributed by atoms with van der Waals surface area (Å²) in [6.07, 6.45) is -1.28. The quantitative estimate of drug-likeness (QED) is 0.515. The summed E-state index contributed by atoms with van der Waals surface area (Å²) >= 11 is 6.04. The second-order valence-corrected chi connectivity index (χ2v) is 7.03. The van der Waals surface area contributed by atoms with Crippen LogP contribution in [0.3, 0.4) is 0 Å². The average molecular weight is 418 g/mol. The fraction of sp³-hybridized carbons (Fsp3) is 0.273. The Hall–Kier alpha value is -2.83. The molecule has 0 heterocycles. The summed E-state index contributed by atoms with van der Waals surface area (Å²) in [5.41, 5.74) is 2.85. The van der Waals surface area contributed by atoms with Crippen LogP contribution in [0.15, 0.2) is 60.9 Å². The smallest absolute Gasteiger partial charge is 0.303 e. The van der Waals surface area contributed by atoms with Crippen LogP contribution in [0.4, 0.5) is 0 Å². The van der Waals surface area contributed by atoms with Crippen LogP contribution in [0, 0.1) is 0 Å². The number of hydrogen-bond acceptors (Lipinski definition) is 4. The number of carboxylic acid groups (broad SMARTS) is 1. The van der Waals surface area contributed by atoms with Crippen molar-refractivity contribution in [3.05, 3.63) is 71.5 Å². The van der Waals surface area contributed by atoms with Gasteiger partial charge in [-0.05, 0) is 35.2 Å². The number of aliphatic hydroxyl groups excluding tert-OH is 1. The van der Waals surface area contributed by atoms with E-state index in [0.717, 1.165) is 16.7 Å². The molecule has 3 N–H and O–H groups in total. The molecule has 0 fully saturated rings. The van der Waals surface area contributed by atoms with E-state index in [9.17, 15) is 14.7 Å². The minimum absolute atomic E-state index is 0.115. The molecule has 0 bridgehead atoms. The van der Waals surface area contributed by atoms with Crippen molar-refractivity contribution in [2.24, 2.45) is 0 Å². The standard InChI is InChI=1S/C22H24ClNO5/c1-14(29-2)22(28)19(24-20(25)10-11-21(26)27)12-15-6-8-16(9-7-15)17-4-3-5-18(23)13-17/h3-9,13,19,22,28H,1,10-12H2,2H3,(H,24,25)(H,26,27)/t19?,22-/m0/s1. The molecule has 7 heteroatoms. The zero-order chi connectivity index (χ0) is 21.4. The summed E-state index contributed by atoms with van der Waals surface area (Å²) in [5, 5.41) is 22.5. The van der Waals surface area contributed by atoms with Gasteiger partial charge in [0.2, 0.25) is 5.91 Å². The Morgan fingerprint density at radius 1 is 1.14 bits per heavy atom. The first kappa shape index (κ1) is 22.5. The van der Waals surface area contributed by atoms with Gasteiger partial charge >= 0.3 is 5.97 Å². The molecule has 2 rings (SSSR count). The van der Waals surface area contributed by atoms with Gasteiger partial charge in [0.1, 0.15) is 11.9 Å². The molecular formula is C22H24ClNO5. The van der Waals surface area contributed by atoms with Crippen LogP contribution in [0.25, 0.3) is 11.1 Å². The number of carbonyl (C=O) groups excluding carboxylic acids is 1. The molecule has 1 amide bonds. The number of benzene rings is 2. The topological polar surface area (TPSA) is 95.9 Å². The number of rotatable bonds is 10. The van der Waals surface area contributed by atoms with Gasteiger partial charge in [-0.3, -0.25) is 9.59 Å². The maximum absolute atomic E-state index is 12.1. The predicted octanol–water partition coefficient (Wildman–Crippen LogP) is 3.42. The van der Waals surface area contributed by atoms with Crippen molar-refractivity contribution in [1.29, 1.82) is 0 Å². The molecule has 154 valence electrons. The van der Waals surface area contributed by atoms with Crippen molar-refractivity contribution in [3.63, 3.8) is 0 Å². The number of ether oxygens (including phenoxy) is 1. The zero-order valence-corrected chi connectivity index (χ0v) is 16.9. The van der Waals surface area contributed by atoms with Gasteiger partial charge in [-0.1, -0.05) is 54.6 Å². The second kappa shape index (κ2) is 10.6. The van der Waals surface area contributed by atoms with E-state index in [1.807, 2.05) is 42.5 Å². The highest BCUT2D eigenvalue weighted by molar-refractivity contribution is 6.30. The Balaban J connectivity index is 2.13. The molecule has 0 saturated heterocycles. The summed E-state index contributed by atoms with van der Waals surface area (Å²) in [4.78, 5) is 22.7. The molecule has 2 aromatic carbocycles. The maximum atomic E-state index is 12.1. The average Bonchev–Trinajstić information content (AvgIpc) is 2.71. The zero-order valence-electron chi connectivity index (χ0n) is 16.1. The largest absolute Gasteiger partial charge is 0.499 e. The Labute approximate surface area is 174 Å². The number of amides is 1. The van der Waals surface area contributed by atoms with E-state index in [4.69, 9.17) is 21.4 Å². The maximum Gasteiger partial charge on any atom is 0.303 e. The molecule has 0 saturated carbocycles. The molecule has 0 aliphatic rings. The van der Waals surface area contributed by atoms with Crippen LogP contribution < -0.4 is 5.32 Å². The van der Waals surface area contributed by atoms with Crippen LogP contribution in [0.1, 0.15) is 18.4 Å². The van der Waals surface area contributed by atoms with Crippen molar-refractivity contribution in [2.45, 2.75) is 31.4 Å². The number of halogens is 1. The number of methoxy groups -OCH3 is 1. The van der Waals surface area contributed by atoms with Gasteiger partial charge in [0.25, 0.3) is 0 Å². The van der Waals surface area contributed by atoms with Crippen LogP contribution in [-0.4, -0.2) is 41.3 Å². The van der Waals surface area contributed by atoms with E-state index in [2.05, 4.69) is 11.9 Å². The number of carbonyl (C=O) groups is 2. The number of carboxylic acids is 1. The normalized spacial score (nSPS) is 12.7. The molecule has 0 aliphatic carbocycles. The van der Waals surface area contributed by atoms with E-state index in [1.165, 1.54) is 7.11 Å². The van der Waals surface area contributed by atoms with Gasteiger partial charge in [-0.15, -0.1) is 0 Å². The predicted molar refractivity (Wildman–Crippen MR) is 112 cm³/mol. The van der Waals surface area contributed by atoms with E-state index in [0.29, 0.717) is 11.4 Å². The highest BCUT2D eigenvalue weighted by Gasteiger charge is 2.25.